The van der Waals surface area contributed by atoms with Gasteiger partial charge in [0.05, 0.1) is 11.9 Å². The first-order chi connectivity index (χ1) is 8.29. The molecular weight excluding hydrogens is 275 g/mol. The Balaban J connectivity index is 2.53. The zero-order valence-corrected chi connectivity index (χ0v) is 9.63. The van der Waals surface area contributed by atoms with Gasteiger partial charge in [0, 0.05) is 6.54 Å². The predicted octanol–water partition coefficient (Wildman–Crippen LogP) is 3.93. The number of hydrogen-bond acceptors (Lipinski definition) is 1. The number of aromatic nitrogens is 2. The summed E-state index contributed by atoms with van der Waals surface area (Å²) in [5, 5.41) is 0. The summed E-state index contributed by atoms with van der Waals surface area (Å²) in [7, 11) is 0. The lowest BCUT2D eigenvalue weighted by atomic mass is 10.3. The topological polar surface area (TPSA) is 20.7 Å². The Hall–Kier alpha value is -1.44. The smallest absolute Gasteiger partial charge is 0.330 e. The molecule has 1 heterocycles. The van der Waals surface area contributed by atoms with E-state index in [0.29, 0.717) is 0 Å². The van der Waals surface area contributed by atoms with Crippen LogP contribution in [0.5, 0.6) is 0 Å². The lowest BCUT2D eigenvalue weighted by Crippen LogP contribution is -2.12. The van der Waals surface area contributed by atoms with Gasteiger partial charge in [-0.05, 0) is 24.4 Å². The molecule has 0 aliphatic rings. The van der Waals surface area contributed by atoms with E-state index in [0.717, 1.165) is 10.6 Å². The van der Waals surface area contributed by atoms with Gasteiger partial charge in [-0.25, -0.2) is 8.78 Å². The van der Waals surface area contributed by atoms with Crippen LogP contribution >= 0.6 is 12.2 Å². The maximum absolute atomic E-state index is 13.5. The minimum atomic E-state index is -4.39. The molecule has 2 nitrogen and oxygen atoms in total. The summed E-state index contributed by atoms with van der Waals surface area (Å²) in [6, 6.07) is 2.12. The zero-order chi connectivity index (χ0) is 13.5. The SMILES string of the molecule is Fc1ccc2[nH]c(=S)n(CCC(F)(F)F)c2c1F. The van der Waals surface area contributed by atoms with E-state index in [-0.39, 0.29) is 15.8 Å². The second-order valence-electron chi connectivity index (χ2n) is 3.70. The molecule has 0 saturated heterocycles. The van der Waals surface area contributed by atoms with Gasteiger partial charge in [0.1, 0.15) is 5.52 Å². The molecule has 0 spiro atoms. The average Bonchev–Trinajstić information content (AvgIpc) is 2.57. The Labute approximate surface area is 103 Å². The van der Waals surface area contributed by atoms with E-state index >= 15 is 0 Å². The normalized spacial score (nSPS) is 12.3. The van der Waals surface area contributed by atoms with Crippen molar-refractivity contribution in [2.75, 3.05) is 0 Å². The predicted molar refractivity (Wildman–Crippen MR) is 57.7 cm³/mol. The van der Waals surface area contributed by atoms with Gasteiger partial charge in [-0.1, -0.05) is 0 Å². The van der Waals surface area contributed by atoms with Crippen LogP contribution < -0.4 is 0 Å². The molecule has 0 aliphatic heterocycles. The number of benzene rings is 1. The first-order valence-corrected chi connectivity index (χ1v) is 5.33. The van der Waals surface area contributed by atoms with Crippen LogP contribution in [-0.2, 0) is 6.54 Å². The van der Waals surface area contributed by atoms with Crippen molar-refractivity contribution in [3.05, 3.63) is 28.5 Å². The van der Waals surface area contributed by atoms with Crippen molar-refractivity contribution in [2.24, 2.45) is 0 Å². The number of aryl methyl sites for hydroxylation is 1. The Morgan fingerprint density at radius 2 is 1.89 bits per heavy atom. The van der Waals surface area contributed by atoms with Crippen molar-refractivity contribution in [1.82, 2.24) is 9.55 Å². The number of rotatable bonds is 2. The molecule has 1 aromatic heterocycles. The first kappa shape index (κ1) is 13.0. The largest absolute Gasteiger partial charge is 0.390 e. The molecular formula is C10H7F5N2S. The van der Waals surface area contributed by atoms with Gasteiger partial charge in [-0.3, -0.25) is 0 Å². The Morgan fingerprint density at radius 3 is 2.50 bits per heavy atom. The molecule has 1 aromatic carbocycles. The molecule has 0 atom stereocenters. The molecule has 2 rings (SSSR count). The van der Waals surface area contributed by atoms with Gasteiger partial charge in [0.15, 0.2) is 16.4 Å². The van der Waals surface area contributed by atoms with Crippen molar-refractivity contribution >= 4 is 23.3 Å². The molecule has 0 saturated carbocycles. The highest BCUT2D eigenvalue weighted by molar-refractivity contribution is 7.71. The number of nitrogens with zero attached hydrogens (tertiary/aromatic N) is 1. The maximum atomic E-state index is 13.5. The van der Waals surface area contributed by atoms with E-state index in [9.17, 15) is 22.0 Å². The summed E-state index contributed by atoms with van der Waals surface area (Å²) in [5.41, 5.74) is -0.106. The standard InChI is InChI=1S/C10H7F5N2S/c11-5-1-2-6-8(7(5)12)17(9(18)16-6)4-3-10(13,14)15/h1-2H,3-4H2,(H,16,18). The fraction of sp³-hybridized carbons (Fsp3) is 0.300. The van der Waals surface area contributed by atoms with E-state index in [4.69, 9.17) is 12.2 Å². The molecule has 0 radical (unpaired) electrons. The fourth-order valence-electron chi connectivity index (χ4n) is 1.64. The van der Waals surface area contributed by atoms with Gasteiger partial charge < -0.3 is 9.55 Å². The number of aromatic amines is 1. The Bertz CT molecular complexity index is 640. The number of alkyl halides is 3. The van der Waals surface area contributed by atoms with Crippen LogP contribution in [0.25, 0.3) is 11.0 Å². The van der Waals surface area contributed by atoms with Crippen molar-refractivity contribution in [2.45, 2.75) is 19.1 Å². The van der Waals surface area contributed by atoms with Crippen LogP contribution in [-0.4, -0.2) is 15.7 Å². The van der Waals surface area contributed by atoms with Gasteiger partial charge >= 0.3 is 6.18 Å². The van der Waals surface area contributed by atoms with E-state index in [2.05, 4.69) is 4.98 Å². The summed E-state index contributed by atoms with van der Waals surface area (Å²) in [4.78, 5) is 2.54. The van der Waals surface area contributed by atoms with E-state index in [1.807, 2.05) is 0 Å². The van der Waals surface area contributed by atoms with Crippen LogP contribution in [0, 0.1) is 16.4 Å². The molecule has 18 heavy (non-hydrogen) atoms. The lowest BCUT2D eigenvalue weighted by molar-refractivity contribution is -0.136. The molecule has 0 bridgehead atoms. The van der Waals surface area contributed by atoms with Crippen molar-refractivity contribution < 1.29 is 22.0 Å². The quantitative estimate of drug-likeness (QED) is 0.654. The highest BCUT2D eigenvalue weighted by Gasteiger charge is 2.27. The fourth-order valence-corrected chi connectivity index (χ4v) is 1.93. The Morgan fingerprint density at radius 1 is 1.22 bits per heavy atom. The number of halogens is 5. The highest BCUT2D eigenvalue weighted by Crippen LogP contribution is 2.24. The Kier molecular flexibility index (Phi) is 3.14. The summed E-state index contributed by atoms with van der Waals surface area (Å²) in [6.45, 7) is -0.553. The van der Waals surface area contributed by atoms with Crippen LogP contribution in [0.15, 0.2) is 12.1 Å². The van der Waals surface area contributed by atoms with Crippen molar-refractivity contribution in [3.63, 3.8) is 0 Å². The number of fused-ring (bicyclic) bond motifs is 1. The van der Waals surface area contributed by atoms with Crippen molar-refractivity contribution in [3.8, 4) is 0 Å². The van der Waals surface area contributed by atoms with Gasteiger partial charge in [-0.2, -0.15) is 13.2 Å². The summed E-state index contributed by atoms with van der Waals surface area (Å²) in [5.74, 6) is -2.33. The number of nitrogens with one attached hydrogen (secondary N) is 1. The molecule has 98 valence electrons. The maximum Gasteiger partial charge on any atom is 0.390 e. The minimum absolute atomic E-state index is 0.0706. The second kappa shape index (κ2) is 4.34. The van der Waals surface area contributed by atoms with Crippen LogP contribution in [0.1, 0.15) is 6.42 Å². The molecule has 1 N–H and O–H groups in total. The van der Waals surface area contributed by atoms with Gasteiger partial charge in [0.25, 0.3) is 0 Å². The molecule has 0 aliphatic carbocycles. The third-order valence-corrected chi connectivity index (χ3v) is 2.77. The second-order valence-corrected chi connectivity index (χ2v) is 4.09. The highest BCUT2D eigenvalue weighted by atomic mass is 32.1. The molecule has 0 unspecified atom stereocenters. The van der Waals surface area contributed by atoms with Gasteiger partial charge in [-0.15, -0.1) is 0 Å². The molecule has 0 fully saturated rings. The van der Waals surface area contributed by atoms with Crippen LogP contribution in [0.2, 0.25) is 0 Å². The van der Waals surface area contributed by atoms with E-state index < -0.39 is 30.8 Å². The van der Waals surface area contributed by atoms with Crippen LogP contribution in [0.4, 0.5) is 22.0 Å². The lowest BCUT2D eigenvalue weighted by Gasteiger charge is -2.08. The number of H-pyrrole nitrogens is 1. The van der Waals surface area contributed by atoms with E-state index in [1.165, 1.54) is 6.07 Å². The summed E-state index contributed by atoms with van der Waals surface area (Å²) < 4.78 is 63.8. The third-order valence-electron chi connectivity index (χ3n) is 2.44. The summed E-state index contributed by atoms with van der Waals surface area (Å²) in [6.07, 6.45) is -5.55. The molecule has 0 amide bonds. The average molecular weight is 282 g/mol. The first-order valence-electron chi connectivity index (χ1n) is 4.93. The number of imidazole rings is 1. The van der Waals surface area contributed by atoms with E-state index in [1.54, 1.807) is 0 Å². The zero-order valence-electron chi connectivity index (χ0n) is 8.81. The van der Waals surface area contributed by atoms with Crippen molar-refractivity contribution in [1.29, 1.82) is 0 Å². The van der Waals surface area contributed by atoms with Crippen LogP contribution in [0.3, 0.4) is 0 Å². The third kappa shape index (κ3) is 2.38. The molecule has 2 aromatic rings. The summed E-state index contributed by atoms with van der Waals surface area (Å²) >= 11 is 4.80. The minimum Gasteiger partial charge on any atom is -0.330 e. The monoisotopic (exact) mass is 282 g/mol. The van der Waals surface area contributed by atoms with Gasteiger partial charge in [0.2, 0.25) is 0 Å². The number of hydrogen-bond donors (Lipinski definition) is 1. The molecule has 8 heteroatoms.